The number of pyridine rings is 1. The molecule has 0 aliphatic heterocycles. The third-order valence-electron chi connectivity index (χ3n) is 4.91. The van der Waals surface area contributed by atoms with Crippen molar-refractivity contribution in [1.82, 2.24) is 9.55 Å². The van der Waals surface area contributed by atoms with Crippen molar-refractivity contribution in [1.29, 1.82) is 0 Å². The zero-order valence-electron chi connectivity index (χ0n) is 14.8. The fourth-order valence-corrected chi connectivity index (χ4v) is 3.81. The molecule has 2 heterocycles. The summed E-state index contributed by atoms with van der Waals surface area (Å²) in [5.74, 6) is -1.47. The summed E-state index contributed by atoms with van der Waals surface area (Å²) in [5.41, 5.74) is 2.07. The number of H-pyrrole nitrogens is 1. The molecule has 4 rings (SSSR count). The number of benzene rings is 2. The van der Waals surface area contributed by atoms with Crippen LogP contribution in [0.5, 0.6) is 0 Å². The molecule has 1 atom stereocenters. The van der Waals surface area contributed by atoms with Crippen LogP contribution in [0.2, 0.25) is 5.02 Å². The quantitative estimate of drug-likeness (QED) is 0.524. The molecule has 0 spiro atoms. The minimum Gasteiger partial charge on any atom is -0.477 e. The minimum atomic E-state index is -1.24. The molecule has 0 saturated carbocycles. The first-order valence-corrected chi connectivity index (χ1v) is 9.17. The first-order chi connectivity index (χ1) is 13.6. The fraction of sp³-hybridized carbons (Fsp3) is 0.0909. The number of carboxylic acid groups (broad SMARTS) is 1. The second-order valence-corrected chi connectivity index (χ2v) is 6.96. The average molecular weight is 393 g/mol. The molecule has 2 N–H and O–H groups in total. The predicted molar refractivity (Wildman–Crippen MR) is 109 cm³/mol. The van der Waals surface area contributed by atoms with Crippen LogP contribution >= 0.6 is 11.6 Å². The Hall–Kier alpha value is -3.31. The van der Waals surface area contributed by atoms with Gasteiger partial charge in [0.15, 0.2) is 0 Å². The molecule has 0 saturated heterocycles. The van der Waals surface area contributed by atoms with Gasteiger partial charge in [0.1, 0.15) is 5.56 Å². The van der Waals surface area contributed by atoms with Gasteiger partial charge in [-0.3, -0.25) is 4.79 Å². The summed E-state index contributed by atoms with van der Waals surface area (Å²) in [6.45, 7) is 0.269. The summed E-state index contributed by atoms with van der Waals surface area (Å²) in [7, 11) is 0. The monoisotopic (exact) mass is 392 g/mol. The highest BCUT2D eigenvalue weighted by molar-refractivity contribution is 6.31. The molecule has 0 unspecified atom stereocenters. The van der Waals surface area contributed by atoms with E-state index in [1.54, 1.807) is 12.3 Å². The summed E-state index contributed by atoms with van der Waals surface area (Å²) in [6.07, 6.45) is 3.53. The number of hydrogen-bond donors (Lipinski definition) is 2. The summed E-state index contributed by atoms with van der Waals surface area (Å²) >= 11 is 6.48. The number of fused-ring (bicyclic) bond motifs is 1. The van der Waals surface area contributed by atoms with Crippen LogP contribution < -0.4 is 5.56 Å². The number of carbonyl (C=O) groups is 1. The van der Waals surface area contributed by atoms with Crippen LogP contribution in [0.15, 0.2) is 77.9 Å². The number of aromatic nitrogens is 2. The van der Waals surface area contributed by atoms with Crippen molar-refractivity contribution in [2.24, 2.45) is 0 Å². The Kier molecular flexibility index (Phi) is 4.75. The molecule has 2 aromatic carbocycles. The number of nitrogens with one attached hydrogen (secondary N) is 1. The van der Waals surface area contributed by atoms with Crippen LogP contribution in [0, 0.1) is 0 Å². The lowest BCUT2D eigenvalue weighted by molar-refractivity contribution is 0.0694. The highest BCUT2D eigenvalue weighted by Gasteiger charge is 2.22. The first-order valence-electron chi connectivity index (χ1n) is 8.79. The van der Waals surface area contributed by atoms with E-state index in [1.807, 2.05) is 54.7 Å². The topological polar surface area (TPSA) is 75.1 Å². The minimum absolute atomic E-state index is 0.230. The van der Waals surface area contributed by atoms with Gasteiger partial charge >= 0.3 is 5.97 Å². The first kappa shape index (κ1) is 18.1. The lowest BCUT2D eigenvalue weighted by Gasteiger charge is -2.20. The van der Waals surface area contributed by atoms with Gasteiger partial charge in [-0.2, -0.15) is 0 Å². The molecule has 0 fully saturated rings. The third kappa shape index (κ3) is 3.21. The number of halogens is 1. The van der Waals surface area contributed by atoms with Crippen molar-refractivity contribution < 1.29 is 9.90 Å². The van der Waals surface area contributed by atoms with Crippen LogP contribution in [-0.4, -0.2) is 20.6 Å². The summed E-state index contributed by atoms with van der Waals surface area (Å²) in [5, 5.41) is 10.9. The van der Waals surface area contributed by atoms with E-state index in [2.05, 4.69) is 4.98 Å². The predicted octanol–water partition coefficient (Wildman–Crippen LogP) is 4.51. The Morgan fingerprint density at radius 3 is 2.57 bits per heavy atom. The van der Waals surface area contributed by atoms with Crippen molar-refractivity contribution >= 4 is 28.5 Å². The maximum absolute atomic E-state index is 12.6. The summed E-state index contributed by atoms with van der Waals surface area (Å²) in [4.78, 5) is 27.2. The van der Waals surface area contributed by atoms with E-state index in [-0.39, 0.29) is 18.0 Å². The number of rotatable bonds is 5. The van der Waals surface area contributed by atoms with Crippen LogP contribution in [0.1, 0.15) is 27.4 Å². The van der Waals surface area contributed by atoms with E-state index in [1.165, 1.54) is 10.6 Å². The molecular weight excluding hydrogens is 376 g/mol. The maximum Gasteiger partial charge on any atom is 0.341 e. The molecule has 28 heavy (non-hydrogen) atoms. The van der Waals surface area contributed by atoms with E-state index in [0.717, 1.165) is 22.0 Å². The van der Waals surface area contributed by atoms with Crippen molar-refractivity contribution in [3.63, 3.8) is 0 Å². The second-order valence-electron chi connectivity index (χ2n) is 6.55. The smallest absolute Gasteiger partial charge is 0.341 e. The van der Waals surface area contributed by atoms with Gasteiger partial charge in [-0.1, -0.05) is 48.0 Å². The standard InChI is InChI=1S/C22H17ClN2O3/c23-19-9-3-1-6-14(19)18(17-12-24-20-10-4-2-7-15(17)20)13-25-11-5-8-16(21(25)26)22(27)28/h1-12,18,24H,13H2,(H,27,28)/t18-/m1/s1. The molecule has 0 aliphatic carbocycles. The van der Waals surface area contributed by atoms with Crippen LogP contribution in [0.4, 0.5) is 0 Å². The Morgan fingerprint density at radius 1 is 1.04 bits per heavy atom. The number of para-hydroxylation sites is 1. The van der Waals surface area contributed by atoms with Crippen LogP contribution in [0.3, 0.4) is 0 Å². The maximum atomic E-state index is 12.6. The molecule has 0 bridgehead atoms. The Balaban J connectivity index is 1.88. The van der Waals surface area contributed by atoms with Crippen molar-refractivity contribution in [2.45, 2.75) is 12.5 Å². The zero-order valence-corrected chi connectivity index (χ0v) is 15.6. The van der Waals surface area contributed by atoms with Gasteiger partial charge in [-0.25, -0.2) is 4.79 Å². The van der Waals surface area contributed by atoms with E-state index in [0.29, 0.717) is 5.02 Å². The molecule has 5 nitrogen and oxygen atoms in total. The number of nitrogens with zero attached hydrogens (tertiary/aromatic N) is 1. The van der Waals surface area contributed by atoms with Crippen LogP contribution in [0.25, 0.3) is 10.9 Å². The Labute approximate surface area is 165 Å². The van der Waals surface area contributed by atoms with E-state index in [9.17, 15) is 14.7 Å². The molecule has 6 heteroatoms. The SMILES string of the molecule is O=C(O)c1cccn(C[C@H](c2ccccc2Cl)c2c[nH]c3ccccc23)c1=O. The van der Waals surface area contributed by atoms with Gasteiger partial charge in [0.2, 0.25) is 0 Å². The fourth-order valence-electron chi connectivity index (χ4n) is 3.54. The zero-order chi connectivity index (χ0) is 19.7. The molecular formula is C22H17ClN2O3. The van der Waals surface area contributed by atoms with Gasteiger partial charge in [0.05, 0.1) is 0 Å². The number of hydrogen-bond acceptors (Lipinski definition) is 2. The molecule has 4 aromatic rings. The Bertz CT molecular complexity index is 1230. The summed E-state index contributed by atoms with van der Waals surface area (Å²) in [6, 6.07) is 18.3. The van der Waals surface area contributed by atoms with Crippen molar-refractivity contribution in [2.75, 3.05) is 0 Å². The number of aromatic carboxylic acids is 1. The van der Waals surface area contributed by atoms with Gasteiger partial charge in [0.25, 0.3) is 5.56 Å². The van der Waals surface area contributed by atoms with Crippen molar-refractivity contribution in [3.8, 4) is 0 Å². The largest absolute Gasteiger partial charge is 0.477 e. The molecule has 0 aliphatic rings. The van der Waals surface area contributed by atoms with Crippen LogP contribution in [-0.2, 0) is 6.54 Å². The van der Waals surface area contributed by atoms with Gasteiger partial charge in [-0.15, -0.1) is 0 Å². The molecule has 140 valence electrons. The summed E-state index contributed by atoms with van der Waals surface area (Å²) < 4.78 is 1.43. The highest BCUT2D eigenvalue weighted by atomic mass is 35.5. The van der Waals surface area contributed by atoms with Crippen molar-refractivity contribution in [3.05, 3.63) is 105 Å². The van der Waals surface area contributed by atoms with Gasteiger partial charge in [0, 0.05) is 40.8 Å². The highest BCUT2D eigenvalue weighted by Crippen LogP contribution is 2.35. The normalized spacial score (nSPS) is 12.2. The second kappa shape index (κ2) is 7.37. The van der Waals surface area contributed by atoms with E-state index in [4.69, 9.17) is 11.6 Å². The van der Waals surface area contributed by atoms with Gasteiger partial charge in [-0.05, 0) is 35.4 Å². The lowest BCUT2D eigenvalue weighted by atomic mass is 9.90. The van der Waals surface area contributed by atoms with E-state index < -0.39 is 11.5 Å². The van der Waals surface area contributed by atoms with E-state index >= 15 is 0 Å². The number of carboxylic acids is 1. The van der Waals surface area contributed by atoms with Gasteiger partial charge < -0.3 is 14.7 Å². The molecule has 2 aromatic heterocycles. The lowest BCUT2D eigenvalue weighted by Crippen LogP contribution is -2.28. The Morgan fingerprint density at radius 2 is 1.79 bits per heavy atom. The third-order valence-corrected chi connectivity index (χ3v) is 5.25. The average Bonchev–Trinajstić information content (AvgIpc) is 3.12. The number of aromatic amines is 1. The molecule has 0 radical (unpaired) electrons. The molecule has 0 amide bonds.